The Bertz CT molecular complexity index is 592. The second kappa shape index (κ2) is 6.24. The van der Waals surface area contributed by atoms with Gasteiger partial charge in [-0.1, -0.05) is 33.6 Å². The van der Waals surface area contributed by atoms with Crippen molar-refractivity contribution in [1.82, 2.24) is 15.1 Å². The van der Waals surface area contributed by atoms with Crippen LogP contribution in [-0.4, -0.2) is 16.8 Å². The smallest absolute Gasteiger partial charge is 0.129 e. The third-order valence-corrected chi connectivity index (χ3v) is 4.11. The first-order chi connectivity index (χ1) is 9.47. The zero-order chi connectivity index (χ0) is 14.9. The molecule has 1 atom stereocenters. The minimum Gasteiger partial charge on any atom is -0.308 e. The van der Waals surface area contributed by atoms with Crippen LogP contribution in [0.15, 0.2) is 28.9 Å². The number of hydrogen-bond donors (Lipinski definition) is 1. The van der Waals surface area contributed by atoms with E-state index in [4.69, 9.17) is 11.6 Å². The van der Waals surface area contributed by atoms with Crippen molar-refractivity contribution in [1.29, 1.82) is 0 Å². The molecule has 2 aromatic rings. The lowest BCUT2D eigenvalue weighted by Crippen LogP contribution is -2.24. The first-order valence-electron chi connectivity index (χ1n) is 6.31. The first kappa shape index (κ1) is 15.5. The number of rotatable bonds is 4. The van der Waals surface area contributed by atoms with E-state index in [1.165, 1.54) is 6.07 Å². The van der Waals surface area contributed by atoms with Gasteiger partial charge in [0.25, 0.3) is 0 Å². The molecule has 0 aliphatic carbocycles. The summed E-state index contributed by atoms with van der Waals surface area (Å²) in [7, 11) is 1.78. The SMILES string of the molecule is CNC(c1c(F)cccc1Br)c1c(Cl)cnn1C(C)C. The summed E-state index contributed by atoms with van der Waals surface area (Å²) in [5.74, 6) is -0.286. The summed E-state index contributed by atoms with van der Waals surface area (Å²) < 4.78 is 16.7. The van der Waals surface area contributed by atoms with E-state index in [0.29, 0.717) is 15.1 Å². The Labute approximate surface area is 131 Å². The molecule has 0 saturated heterocycles. The summed E-state index contributed by atoms with van der Waals surface area (Å²) in [6, 6.07) is 4.68. The van der Waals surface area contributed by atoms with E-state index in [9.17, 15) is 4.39 Å². The third kappa shape index (κ3) is 2.75. The molecule has 1 heterocycles. The molecule has 0 aliphatic rings. The maximum atomic E-state index is 14.2. The van der Waals surface area contributed by atoms with E-state index in [-0.39, 0.29) is 17.9 Å². The van der Waals surface area contributed by atoms with Crippen molar-refractivity contribution in [3.63, 3.8) is 0 Å². The molecular formula is C14H16BrClFN3. The number of aromatic nitrogens is 2. The highest BCUT2D eigenvalue weighted by atomic mass is 79.9. The summed E-state index contributed by atoms with van der Waals surface area (Å²) in [5, 5.41) is 7.92. The average Bonchev–Trinajstić information content (AvgIpc) is 2.76. The largest absolute Gasteiger partial charge is 0.308 e. The average molecular weight is 361 g/mol. The van der Waals surface area contributed by atoms with Gasteiger partial charge in [-0.15, -0.1) is 0 Å². The molecule has 0 amide bonds. The molecule has 1 unspecified atom stereocenters. The monoisotopic (exact) mass is 359 g/mol. The molecule has 2 rings (SSSR count). The molecule has 108 valence electrons. The van der Waals surface area contributed by atoms with E-state index >= 15 is 0 Å². The number of nitrogens with one attached hydrogen (secondary N) is 1. The normalized spacial score (nSPS) is 12.9. The van der Waals surface area contributed by atoms with Crippen LogP contribution in [-0.2, 0) is 0 Å². The third-order valence-electron chi connectivity index (χ3n) is 3.13. The predicted octanol–water partition coefficient (Wildman–Crippen LogP) is 4.33. The van der Waals surface area contributed by atoms with Crippen molar-refractivity contribution >= 4 is 27.5 Å². The van der Waals surface area contributed by atoms with Gasteiger partial charge in [-0.25, -0.2) is 4.39 Å². The van der Waals surface area contributed by atoms with Crippen molar-refractivity contribution in [2.24, 2.45) is 0 Å². The Morgan fingerprint density at radius 1 is 1.40 bits per heavy atom. The predicted molar refractivity (Wildman–Crippen MR) is 82.6 cm³/mol. The lowest BCUT2D eigenvalue weighted by atomic mass is 10.0. The van der Waals surface area contributed by atoms with Gasteiger partial charge in [0.2, 0.25) is 0 Å². The molecule has 6 heteroatoms. The van der Waals surface area contributed by atoms with Gasteiger partial charge in [-0.2, -0.15) is 5.10 Å². The van der Waals surface area contributed by atoms with E-state index in [1.54, 1.807) is 19.3 Å². The zero-order valence-electron chi connectivity index (χ0n) is 11.5. The minimum absolute atomic E-state index is 0.138. The van der Waals surface area contributed by atoms with Crippen LogP contribution in [0.3, 0.4) is 0 Å². The van der Waals surface area contributed by atoms with Crippen LogP contribution in [0, 0.1) is 5.82 Å². The lowest BCUT2D eigenvalue weighted by Gasteiger charge is -2.22. The van der Waals surface area contributed by atoms with Crippen molar-refractivity contribution in [2.75, 3.05) is 7.05 Å². The number of halogens is 3. The molecule has 20 heavy (non-hydrogen) atoms. The van der Waals surface area contributed by atoms with Crippen LogP contribution < -0.4 is 5.32 Å². The minimum atomic E-state index is -0.372. The van der Waals surface area contributed by atoms with E-state index in [1.807, 2.05) is 24.6 Å². The summed E-state index contributed by atoms with van der Waals surface area (Å²) in [4.78, 5) is 0. The molecule has 0 saturated carbocycles. The molecule has 1 aromatic heterocycles. The molecule has 0 fully saturated rings. The van der Waals surface area contributed by atoms with Crippen molar-refractivity contribution in [3.8, 4) is 0 Å². The van der Waals surface area contributed by atoms with Crippen molar-refractivity contribution in [2.45, 2.75) is 25.9 Å². The van der Waals surface area contributed by atoms with E-state index in [2.05, 4.69) is 26.3 Å². The first-order valence-corrected chi connectivity index (χ1v) is 7.48. The molecule has 1 N–H and O–H groups in total. The second-order valence-electron chi connectivity index (χ2n) is 4.77. The lowest BCUT2D eigenvalue weighted by molar-refractivity contribution is 0.475. The van der Waals surface area contributed by atoms with Gasteiger partial charge in [0, 0.05) is 16.1 Å². The van der Waals surface area contributed by atoms with Gasteiger partial charge >= 0.3 is 0 Å². The maximum absolute atomic E-state index is 14.2. The van der Waals surface area contributed by atoms with E-state index in [0.717, 1.165) is 5.69 Å². The fourth-order valence-corrected chi connectivity index (χ4v) is 3.05. The fraction of sp³-hybridized carbons (Fsp3) is 0.357. The number of nitrogens with zero attached hydrogens (tertiary/aromatic N) is 2. The molecular weight excluding hydrogens is 345 g/mol. The van der Waals surface area contributed by atoms with Crippen molar-refractivity contribution in [3.05, 3.63) is 51.0 Å². The van der Waals surface area contributed by atoms with Crippen LogP contribution in [0.2, 0.25) is 5.02 Å². The zero-order valence-corrected chi connectivity index (χ0v) is 13.8. The Morgan fingerprint density at radius 3 is 2.65 bits per heavy atom. The van der Waals surface area contributed by atoms with Gasteiger partial charge < -0.3 is 5.32 Å². The fourth-order valence-electron chi connectivity index (χ4n) is 2.24. The highest BCUT2D eigenvalue weighted by molar-refractivity contribution is 9.10. The van der Waals surface area contributed by atoms with E-state index < -0.39 is 0 Å². The Balaban J connectivity index is 2.62. The van der Waals surface area contributed by atoms with Crippen LogP contribution in [0.1, 0.15) is 37.2 Å². The Morgan fingerprint density at radius 2 is 2.10 bits per heavy atom. The summed E-state index contributed by atoms with van der Waals surface area (Å²) in [6.45, 7) is 4.02. The van der Waals surface area contributed by atoms with Crippen LogP contribution >= 0.6 is 27.5 Å². The van der Waals surface area contributed by atoms with Crippen LogP contribution in [0.5, 0.6) is 0 Å². The maximum Gasteiger partial charge on any atom is 0.129 e. The van der Waals surface area contributed by atoms with Crippen LogP contribution in [0.25, 0.3) is 0 Å². The topological polar surface area (TPSA) is 29.9 Å². The summed E-state index contributed by atoms with van der Waals surface area (Å²) in [6.07, 6.45) is 1.59. The molecule has 0 radical (unpaired) electrons. The second-order valence-corrected chi connectivity index (χ2v) is 6.03. The van der Waals surface area contributed by atoms with Gasteiger partial charge in [0.1, 0.15) is 5.82 Å². The molecule has 0 aliphatic heterocycles. The number of benzene rings is 1. The molecule has 3 nitrogen and oxygen atoms in total. The van der Waals surface area contributed by atoms with Gasteiger partial charge in [-0.3, -0.25) is 4.68 Å². The number of hydrogen-bond acceptors (Lipinski definition) is 2. The highest BCUT2D eigenvalue weighted by Crippen LogP contribution is 2.34. The summed E-state index contributed by atoms with van der Waals surface area (Å²) in [5.41, 5.74) is 1.29. The van der Waals surface area contributed by atoms with Gasteiger partial charge in [-0.05, 0) is 33.0 Å². The van der Waals surface area contributed by atoms with Crippen molar-refractivity contribution < 1.29 is 4.39 Å². The molecule has 0 bridgehead atoms. The molecule has 1 aromatic carbocycles. The van der Waals surface area contributed by atoms with Gasteiger partial charge in [0.05, 0.1) is 23.0 Å². The Kier molecular flexibility index (Phi) is 4.83. The molecule has 0 spiro atoms. The standard InChI is InChI=1S/C14H16BrClFN3/c1-8(2)20-14(10(16)7-19-20)13(18-3)12-9(15)5-4-6-11(12)17/h4-8,13,18H,1-3H3. The Hall–Kier alpha value is -0.910. The van der Waals surface area contributed by atoms with Crippen LogP contribution in [0.4, 0.5) is 4.39 Å². The highest BCUT2D eigenvalue weighted by Gasteiger charge is 2.26. The van der Waals surface area contributed by atoms with Gasteiger partial charge in [0.15, 0.2) is 0 Å². The quantitative estimate of drug-likeness (QED) is 0.879. The summed E-state index contributed by atoms with van der Waals surface area (Å²) >= 11 is 9.66.